The molecule has 0 fully saturated rings. The molecule has 0 heterocycles. The summed E-state index contributed by atoms with van der Waals surface area (Å²) in [4.78, 5) is 0. The third kappa shape index (κ3) is 5.49. The second-order valence-corrected chi connectivity index (χ2v) is 5.54. The highest BCUT2D eigenvalue weighted by Gasteiger charge is 2.01. The number of anilines is 1. The molecular formula is C15H25NS. The van der Waals surface area contributed by atoms with Crippen LogP contribution in [0, 0.1) is 0 Å². The Morgan fingerprint density at radius 2 is 1.88 bits per heavy atom. The minimum atomic E-state index is 0.672. The molecule has 0 aliphatic heterocycles. The van der Waals surface area contributed by atoms with E-state index in [1.807, 2.05) is 11.8 Å². The molecule has 1 aromatic rings. The lowest BCUT2D eigenvalue weighted by atomic mass is 9.99. The van der Waals surface area contributed by atoms with Crippen LogP contribution in [0.15, 0.2) is 24.3 Å². The maximum absolute atomic E-state index is 3.48. The van der Waals surface area contributed by atoms with Crippen LogP contribution in [0.4, 0.5) is 5.69 Å². The van der Waals surface area contributed by atoms with E-state index in [0.29, 0.717) is 5.92 Å². The second-order valence-electron chi connectivity index (χ2n) is 4.56. The quantitative estimate of drug-likeness (QED) is 0.669. The first-order valence-electron chi connectivity index (χ1n) is 6.60. The van der Waals surface area contributed by atoms with Crippen LogP contribution in [0.5, 0.6) is 0 Å². The summed E-state index contributed by atoms with van der Waals surface area (Å²) < 4.78 is 0. The fraction of sp³-hybridized carbons (Fsp3) is 0.600. The van der Waals surface area contributed by atoms with Crippen molar-refractivity contribution in [2.75, 3.05) is 23.9 Å². The van der Waals surface area contributed by atoms with Gasteiger partial charge in [0.1, 0.15) is 0 Å². The molecule has 0 aromatic heterocycles. The molecule has 1 aromatic carbocycles. The molecule has 1 rings (SSSR count). The van der Waals surface area contributed by atoms with Crippen LogP contribution in [0.1, 0.15) is 44.6 Å². The van der Waals surface area contributed by atoms with Crippen molar-refractivity contribution in [1.82, 2.24) is 0 Å². The fourth-order valence-electron chi connectivity index (χ4n) is 1.77. The minimum absolute atomic E-state index is 0.672. The van der Waals surface area contributed by atoms with Crippen molar-refractivity contribution >= 4 is 17.4 Å². The molecule has 0 saturated carbocycles. The van der Waals surface area contributed by atoms with Crippen molar-refractivity contribution < 1.29 is 0 Å². The van der Waals surface area contributed by atoms with E-state index >= 15 is 0 Å². The van der Waals surface area contributed by atoms with Crippen LogP contribution >= 0.6 is 11.8 Å². The van der Waals surface area contributed by atoms with Gasteiger partial charge < -0.3 is 5.32 Å². The van der Waals surface area contributed by atoms with E-state index in [1.165, 1.54) is 36.3 Å². The highest BCUT2D eigenvalue weighted by Crippen LogP contribution is 2.20. The van der Waals surface area contributed by atoms with Gasteiger partial charge in [-0.05, 0) is 54.9 Å². The van der Waals surface area contributed by atoms with Gasteiger partial charge >= 0.3 is 0 Å². The van der Waals surface area contributed by atoms with Gasteiger partial charge in [-0.1, -0.05) is 26.0 Å². The zero-order valence-corrected chi connectivity index (χ0v) is 12.1. The first kappa shape index (κ1) is 14.4. The Labute approximate surface area is 110 Å². The number of hydrogen-bond donors (Lipinski definition) is 1. The van der Waals surface area contributed by atoms with E-state index < -0.39 is 0 Å². The van der Waals surface area contributed by atoms with Gasteiger partial charge in [0.2, 0.25) is 0 Å². The maximum Gasteiger partial charge on any atom is 0.0340 e. The molecular weight excluding hydrogens is 226 g/mol. The highest BCUT2D eigenvalue weighted by atomic mass is 32.2. The predicted molar refractivity (Wildman–Crippen MR) is 81.3 cm³/mol. The summed E-state index contributed by atoms with van der Waals surface area (Å²) in [5.74, 6) is 1.94. The molecule has 2 heteroatoms. The van der Waals surface area contributed by atoms with Crippen molar-refractivity contribution in [1.29, 1.82) is 0 Å². The average molecular weight is 251 g/mol. The third-order valence-corrected chi connectivity index (χ3v) is 3.89. The monoisotopic (exact) mass is 251 g/mol. The van der Waals surface area contributed by atoms with Crippen LogP contribution in [0.25, 0.3) is 0 Å². The van der Waals surface area contributed by atoms with E-state index in [1.54, 1.807) is 0 Å². The number of rotatable bonds is 8. The molecule has 0 aliphatic carbocycles. The molecule has 1 nitrogen and oxygen atoms in total. The maximum atomic E-state index is 3.48. The van der Waals surface area contributed by atoms with Gasteiger partial charge in [0.25, 0.3) is 0 Å². The summed E-state index contributed by atoms with van der Waals surface area (Å²) in [7, 11) is 0. The van der Waals surface area contributed by atoms with Crippen molar-refractivity contribution in [2.45, 2.75) is 39.0 Å². The summed E-state index contributed by atoms with van der Waals surface area (Å²) in [6.07, 6.45) is 5.94. The zero-order chi connectivity index (χ0) is 12.5. The summed E-state index contributed by atoms with van der Waals surface area (Å²) in [6, 6.07) is 8.91. The summed E-state index contributed by atoms with van der Waals surface area (Å²) in [5.41, 5.74) is 2.70. The largest absolute Gasteiger partial charge is 0.385 e. The van der Waals surface area contributed by atoms with E-state index in [-0.39, 0.29) is 0 Å². The normalized spacial score (nSPS) is 12.4. The van der Waals surface area contributed by atoms with Gasteiger partial charge in [0.05, 0.1) is 0 Å². The van der Waals surface area contributed by atoms with E-state index in [0.717, 1.165) is 6.54 Å². The third-order valence-electron chi connectivity index (χ3n) is 3.20. The molecule has 0 aliphatic rings. The van der Waals surface area contributed by atoms with Crippen LogP contribution < -0.4 is 5.32 Å². The minimum Gasteiger partial charge on any atom is -0.385 e. The van der Waals surface area contributed by atoms with Crippen molar-refractivity contribution in [2.24, 2.45) is 0 Å². The van der Waals surface area contributed by atoms with E-state index in [2.05, 4.69) is 49.7 Å². The van der Waals surface area contributed by atoms with Crippen molar-refractivity contribution in [3.8, 4) is 0 Å². The molecule has 0 amide bonds. The first-order valence-corrected chi connectivity index (χ1v) is 8.00. The van der Waals surface area contributed by atoms with Gasteiger partial charge in [-0.25, -0.2) is 0 Å². The Hall–Kier alpha value is -0.630. The number of hydrogen-bond acceptors (Lipinski definition) is 2. The Morgan fingerprint density at radius 1 is 1.18 bits per heavy atom. The lowest BCUT2D eigenvalue weighted by Crippen LogP contribution is -2.02. The van der Waals surface area contributed by atoms with Crippen molar-refractivity contribution in [3.05, 3.63) is 29.8 Å². The van der Waals surface area contributed by atoms with E-state index in [9.17, 15) is 0 Å². The number of nitrogens with one attached hydrogen (secondary N) is 1. The lowest BCUT2D eigenvalue weighted by molar-refractivity contribution is 0.733. The average Bonchev–Trinajstić information content (AvgIpc) is 2.38. The Balaban J connectivity index is 2.30. The van der Waals surface area contributed by atoms with Gasteiger partial charge in [0, 0.05) is 12.2 Å². The molecule has 1 N–H and O–H groups in total. The van der Waals surface area contributed by atoms with Gasteiger partial charge in [-0.15, -0.1) is 0 Å². The molecule has 96 valence electrons. The Kier molecular flexibility index (Phi) is 7.18. The smallest absolute Gasteiger partial charge is 0.0340 e. The molecule has 1 unspecified atom stereocenters. The molecule has 0 radical (unpaired) electrons. The first-order chi connectivity index (χ1) is 8.27. The fourth-order valence-corrected chi connectivity index (χ4v) is 2.26. The van der Waals surface area contributed by atoms with E-state index in [4.69, 9.17) is 0 Å². The molecule has 0 spiro atoms. The van der Waals surface area contributed by atoms with Crippen LogP contribution in [-0.4, -0.2) is 18.6 Å². The van der Waals surface area contributed by atoms with Crippen LogP contribution in [0.2, 0.25) is 0 Å². The van der Waals surface area contributed by atoms with Gasteiger partial charge in [-0.2, -0.15) is 11.8 Å². The zero-order valence-electron chi connectivity index (χ0n) is 11.3. The summed E-state index contributed by atoms with van der Waals surface area (Å²) >= 11 is 1.93. The number of unbranched alkanes of at least 4 members (excludes halogenated alkanes) is 1. The molecule has 1 atom stereocenters. The summed E-state index contributed by atoms with van der Waals surface area (Å²) in [6.45, 7) is 5.61. The van der Waals surface area contributed by atoms with Crippen LogP contribution in [0.3, 0.4) is 0 Å². The van der Waals surface area contributed by atoms with Gasteiger partial charge in [0.15, 0.2) is 0 Å². The molecule has 0 saturated heterocycles. The molecule has 0 bridgehead atoms. The molecule has 17 heavy (non-hydrogen) atoms. The Morgan fingerprint density at radius 3 is 2.47 bits per heavy atom. The standard InChI is InChI=1S/C15H25NS/c1-4-13(2)14-7-9-15(10-8-14)16-11-5-6-12-17-3/h7-10,13,16H,4-6,11-12H2,1-3H3. The number of benzene rings is 1. The van der Waals surface area contributed by atoms with Crippen LogP contribution in [-0.2, 0) is 0 Å². The topological polar surface area (TPSA) is 12.0 Å². The lowest BCUT2D eigenvalue weighted by Gasteiger charge is -2.11. The Bertz CT molecular complexity index is 294. The highest BCUT2D eigenvalue weighted by molar-refractivity contribution is 7.98. The van der Waals surface area contributed by atoms with Crippen molar-refractivity contribution in [3.63, 3.8) is 0 Å². The SMILES string of the molecule is CCC(C)c1ccc(NCCCCSC)cc1. The summed E-state index contributed by atoms with van der Waals surface area (Å²) in [5, 5.41) is 3.48. The van der Waals surface area contributed by atoms with Gasteiger partial charge in [-0.3, -0.25) is 0 Å². The second kappa shape index (κ2) is 8.46. The predicted octanol–water partition coefficient (Wildman–Crippen LogP) is 4.76. The number of thioether (sulfide) groups is 1.